The number of nitrogens with zero attached hydrogens (tertiary/aromatic N) is 2. The molecule has 15 heavy (non-hydrogen) atoms. The van der Waals surface area contributed by atoms with E-state index in [1.807, 2.05) is 0 Å². The third-order valence-electron chi connectivity index (χ3n) is 1.89. The first kappa shape index (κ1) is 11.0. The van der Waals surface area contributed by atoms with Gasteiger partial charge in [-0.25, -0.2) is 0 Å². The summed E-state index contributed by atoms with van der Waals surface area (Å²) in [5, 5.41) is 27.3. The van der Waals surface area contributed by atoms with Crippen LogP contribution in [0.1, 0.15) is 5.56 Å². The van der Waals surface area contributed by atoms with Crippen LogP contribution in [0.4, 0.5) is 5.69 Å². The molecular formula is C9H11N3O3. The fourth-order valence-electron chi connectivity index (χ4n) is 1.08. The van der Waals surface area contributed by atoms with Gasteiger partial charge in [0.25, 0.3) is 0 Å². The van der Waals surface area contributed by atoms with E-state index in [0.29, 0.717) is 5.56 Å². The van der Waals surface area contributed by atoms with Crippen LogP contribution in [0.15, 0.2) is 18.2 Å². The maximum atomic E-state index is 10.5. The molecule has 1 aromatic rings. The lowest BCUT2D eigenvalue weighted by molar-refractivity contribution is -0.385. The summed E-state index contributed by atoms with van der Waals surface area (Å²) in [6.07, 6.45) is 0. The van der Waals surface area contributed by atoms with E-state index >= 15 is 0 Å². The van der Waals surface area contributed by atoms with Gasteiger partial charge in [-0.3, -0.25) is 15.5 Å². The van der Waals surface area contributed by atoms with E-state index in [0.717, 1.165) is 0 Å². The van der Waals surface area contributed by atoms with Crippen LogP contribution in [0, 0.1) is 15.5 Å². The third kappa shape index (κ3) is 2.22. The van der Waals surface area contributed by atoms with Gasteiger partial charge < -0.3 is 10.0 Å². The first-order valence-electron chi connectivity index (χ1n) is 4.17. The van der Waals surface area contributed by atoms with Crippen molar-refractivity contribution < 1.29 is 10.0 Å². The summed E-state index contributed by atoms with van der Waals surface area (Å²) < 4.78 is 0. The lowest BCUT2D eigenvalue weighted by Gasteiger charge is -2.13. The lowest BCUT2D eigenvalue weighted by Crippen LogP contribution is -2.21. The van der Waals surface area contributed by atoms with Crippen molar-refractivity contribution in [2.45, 2.75) is 0 Å². The van der Waals surface area contributed by atoms with Crippen LogP contribution in [-0.4, -0.2) is 34.9 Å². The van der Waals surface area contributed by atoms with Crippen LogP contribution >= 0.6 is 0 Å². The van der Waals surface area contributed by atoms with Crippen LogP contribution in [0.3, 0.4) is 0 Å². The van der Waals surface area contributed by atoms with E-state index in [-0.39, 0.29) is 11.5 Å². The molecule has 0 saturated carbocycles. The van der Waals surface area contributed by atoms with E-state index in [1.165, 1.54) is 23.1 Å². The number of phenolic OH excluding ortho intramolecular Hbond substituents is 1. The molecule has 0 fully saturated rings. The minimum Gasteiger partial charge on any atom is -0.502 e. The number of benzene rings is 1. The van der Waals surface area contributed by atoms with E-state index in [2.05, 4.69) is 0 Å². The third-order valence-corrected chi connectivity index (χ3v) is 1.89. The predicted octanol–water partition coefficient (Wildman–Crippen LogP) is 1.19. The molecule has 0 aliphatic heterocycles. The van der Waals surface area contributed by atoms with E-state index < -0.39 is 10.7 Å². The van der Waals surface area contributed by atoms with Crippen molar-refractivity contribution in [1.82, 2.24) is 4.90 Å². The molecule has 0 heterocycles. The molecule has 0 radical (unpaired) electrons. The Labute approximate surface area is 86.4 Å². The van der Waals surface area contributed by atoms with Gasteiger partial charge in [0.15, 0.2) is 5.75 Å². The van der Waals surface area contributed by atoms with E-state index in [9.17, 15) is 15.2 Å². The molecule has 0 bridgehead atoms. The zero-order valence-electron chi connectivity index (χ0n) is 8.39. The molecular weight excluding hydrogens is 198 g/mol. The maximum absolute atomic E-state index is 10.5. The van der Waals surface area contributed by atoms with Gasteiger partial charge in [-0.1, -0.05) is 0 Å². The van der Waals surface area contributed by atoms with Crippen molar-refractivity contribution in [3.63, 3.8) is 0 Å². The van der Waals surface area contributed by atoms with Crippen molar-refractivity contribution in [3.8, 4) is 5.75 Å². The highest BCUT2D eigenvalue weighted by molar-refractivity contribution is 5.96. The molecule has 6 heteroatoms. The molecule has 2 N–H and O–H groups in total. The number of nitro groups is 1. The Morgan fingerprint density at radius 3 is 2.60 bits per heavy atom. The SMILES string of the molecule is CN(C)C(=N)c1ccc(O)c([N+](=O)[O-])c1. The number of phenols is 1. The van der Waals surface area contributed by atoms with Crippen LogP contribution < -0.4 is 0 Å². The number of hydrogen-bond donors (Lipinski definition) is 2. The Kier molecular flexibility index (Phi) is 2.89. The van der Waals surface area contributed by atoms with Crippen LogP contribution in [-0.2, 0) is 0 Å². The molecule has 1 aromatic carbocycles. The predicted molar refractivity (Wildman–Crippen MR) is 55.3 cm³/mol. The van der Waals surface area contributed by atoms with E-state index in [4.69, 9.17) is 5.41 Å². The monoisotopic (exact) mass is 209 g/mol. The van der Waals surface area contributed by atoms with Gasteiger partial charge in [-0.15, -0.1) is 0 Å². The normalized spacial score (nSPS) is 9.73. The number of hydrogen-bond acceptors (Lipinski definition) is 4. The topological polar surface area (TPSA) is 90.5 Å². The molecule has 0 aliphatic rings. The first-order chi connectivity index (χ1) is 6.93. The van der Waals surface area contributed by atoms with Gasteiger partial charge in [0.1, 0.15) is 5.84 Å². The quantitative estimate of drug-likeness (QED) is 0.331. The second-order valence-corrected chi connectivity index (χ2v) is 3.20. The molecule has 6 nitrogen and oxygen atoms in total. The maximum Gasteiger partial charge on any atom is 0.311 e. The summed E-state index contributed by atoms with van der Waals surface area (Å²) in [6.45, 7) is 0. The minimum atomic E-state index is -0.679. The number of aromatic hydroxyl groups is 1. The van der Waals surface area contributed by atoms with Crippen LogP contribution in [0.25, 0.3) is 0 Å². The second-order valence-electron chi connectivity index (χ2n) is 3.20. The summed E-state index contributed by atoms with van der Waals surface area (Å²) >= 11 is 0. The Morgan fingerprint density at radius 2 is 2.13 bits per heavy atom. The van der Waals surface area contributed by atoms with Crippen molar-refractivity contribution >= 4 is 11.5 Å². The molecule has 80 valence electrons. The highest BCUT2D eigenvalue weighted by Crippen LogP contribution is 2.26. The summed E-state index contributed by atoms with van der Waals surface area (Å²) in [7, 11) is 3.34. The molecule has 0 spiro atoms. The Hall–Kier alpha value is -2.11. The average Bonchev–Trinajstić information content (AvgIpc) is 2.16. The standard InChI is InChI=1S/C9H11N3O3/c1-11(2)9(10)6-3-4-8(13)7(5-6)12(14)15/h3-5,10,13H,1-2H3. The largest absolute Gasteiger partial charge is 0.502 e. The van der Waals surface area contributed by atoms with Crippen molar-refractivity contribution in [2.24, 2.45) is 0 Å². The number of nitrogens with one attached hydrogen (secondary N) is 1. The minimum absolute atomic E-state index is 0.151. The van der Waals surface area contributed by atoms with Gasteiger partial charge in [0, 0.05) is 25.7 Å². The summed E-state index contributed by atoms with van der Waals surface area (Å²) in [4.78, 5) is 11.4. The number of amidine groups is 1. The number of nitro benzene ring substituents is 1. The van der Waals surface area contributed by atoms with E-state index in [1.54, 1.807) is 14.1 Å². The Balaban J connectivity index is 3.19. The Bertz CT molecular complexity index is 415. The second kappa shape index (κ2) is 3.95. The zero-order chi connectivity index (χ0) is 11.6. The van der Waals surface area contributed by atoms with Crippen molar-refractivity contribution in [1.29, 1.82) is 5.41 Å². The van der Waals surface area contributed by atoms with Crippen molar-refractivity contribution in [3.05, 3.63) is 33.9 Å². The van der Waals surface area contributed by atoms with Gasteiger partial charge in [-0.2, -0.15) is 0 Å². The Morgan fingerprint density at radius 1 is 1.53 bits per heavy atom. The van der Waals surface area contributed by atoms with Gasteiger partial charge in [0.05, 0.1) is 4.92 Å². The van der Waals surface area contributed by atoms with Gasteiger partial charge >= 0.3 is 5.69 Å². The molecule has 0 unspecified atom stereocenters. The highest BCUT2D eigenvalue weighted by atomic mass is 16.6. The average molecular weight is 209 g/mol. The molecule has 0 atom stereocenters. The molecule has 0 aromatic heterocycles. The lowest BCUT2D eigenvalue weighted by atomic mass is 10.1. The fraction of sp³-hybridized carbons (Fsp3) is 0.222. The van der Waals surface area contributed by atoms with Gasteiger partial charge in [-0.05, 0) is 12.1 Å². The van der Waals surface area contributed by atoms with Crippen molar-refractivity contribution in [2.75, 3.05) is 14.1 Å². The van der Waals surface area contributed by atoms with Crippen LogP contribution in [0.5, 0.6) is 5.75 Å². The number of rotatable bonds is 2. The summed E-state index contributed by atoms with van der Waals surface area (Å²) in [5.74, 6) is -0.242. The molecule has 1 rings (SSSR count). The van der Waals surface area contributed by atoms with Crippen LogP contribution in [0.2, 0.25) is 0 Å². The highest BCUT2D eigenvalue weighted by Gasteiger charge is 2.15. The fourth-order valence-corrected chi connectivity index (χ4v) is 1.08. The summed E-state index contributed by atoms with van der Waals surface area (Å²) in [5.41, 5.74) is 0.00333. The van der Waals surface area contributed by atoms with Gasteiger partial charge in [0.2, 0.25) is 0 Å². The smallest absolute Gasteiger partial charge is 0.311 e. The summed E-state index contributed by atoms with van der Waals surface area (Å²) in [6, 6.07) is 3.85. The zero-order valence-corrected chi connectivity index (χ0v) is 8.39. The molecule has 0 aliphatic carbocycles. The molecule has 0 saturated heterocycles. The molecule has 0 amide bonds. The first-order valence-corrected chi connectivity index (χ1v) is 4.17.